The van der Waals surface area contributed by atoms with E-state index in [1.165, 1.54) is 141 Å². The summed E-state index contributed by atoms with van der Waals surface area (Å²) in [5.74, 6) is -0.202. The fraction of sp³-hybridized carbons (Fsp3) is 0.833. The van der Waals surface area contributed by atoms with E-state index in [0.717, 1.165) is 38.5 Å². The molecule has 0 amide bonds. The van der Waals surface area contributed by atoms with Gasteiger partial charge < -0.3 is 14.6 Å². The molecule has 4 nitrogen and oxygen atoms in total. The van der Waals surface area contributed by atoms with Crippen LogP contribution in [-0.4, -0.2) is 37.0 Å². The molecule has 0 spiro atoms. The van der Waals surface area contributed by atoms with Gasteiger partial charge in [0.05, 0.1) is 13.2 Å². The van der Waals surface area contributed by atoms with E-state index in [-0.39, 0.29) is 12.6 Å². The van der Waals surface area contributed by atoms with E-state index >= 15 is 0 Å². The largest absolute Gasteiger partial charge is 0.457 e. The third-order valence-corrected chi connectivity index (χ3v) is 8.73. The Balaban J connectivity index is 3.42. The van der Waals surface area contributed by atoms with Crippen molar-refractivity contribution in [2.45, 2.75) is 206 Å². The van der Waals surface area contributed by atoms with Crippen LogP contribution >= 0.6 is 0 Å². The Labute approximate surface area is 287 Å². The molecule has 0 radical (unpaired) electrons. The molecular formula is C42H78O4. The summed E-state index contributed by atoms with van der Waals surface area (Å²) in [6.07, 6.45) is 49.1. The van der Waals surface area contributed by atoms with Crippen LogP contribution in [0.2, 0.25) is 0 Å². The molecule has 46 heavy (non-hydrogen) atoms. The maximum atomic E-state index is 12.2. The molecule has 0 aliphatic heterocycles. The van der Waals surface area contributed by atoms with E-state index in [0.29, 0.717) is 19.6 Å². The molecule has 0 saturated carbocycles. The third-order valence-electron chi connectivity index (χ3n) is 8.73. The van der Waals surface area contributed by atoms with Gasteiger partial charge in [0, 0.05) is 13.0 Å². The average molecular weight is 647 g/mol. The second-order valence-electron chi connectivity index (χ2n) is 13.3. The van der Waals surface area contributed by atoms with Crippen molar-refractivity contribution in [3.63, 3.8) is 0 Å². The second kappa shape index (κ2) is 39.8. The first-order valence-electron chi connectivity index (χ1n) is 20.1. The predicted molar refractivity (Wildman–Crippen MR) is 200 cm³/mol. The third kappa shape index (κ3) is 37.1. The number of rotatable bonds is 37. The minimum absolute atomic E-state index is 0.172. The monoisotopic (exact) mass is 647 g/mol. The Morgan fingerprint density at radius 1 is 0.543 bits per heavy atom. The normalized spacial score (nSPS) is 12.7. The van der Waals surface area contributed by atoms with Crippen molar-refractivity contribution in [2.75, 3.05) is 19.8 Å². The van der Waals surface area contributed by atoms with Gasteiger partial charge in [0.15, 0.2) is 0 Å². The number of aliphatic hydroxyl groups excluding tert-OH is 1. The van der Waals surface area contributed by atoms with E-state index in [4.69, 9.17) is 9.47 Å². The Morgan fingerprint density at radius 2 is 0.978 bits per heavy atom. The molecule has 0 fully saturated rings. The molecule has 0 aliphatic rings. The van der Waals surface area contributed by atoms with Crippen molar-refractivity contribution in [2.24, 2.45) is 0 Å². The van der Waals surface area contributed by atoms with Gasteiger partial charge in [-0.25, -0.2) is 0 Å². The lowest BCUT2D eigenvalue weighted by Gasteiger charge is -2.16. The van der Waals surface area contributed by atoms with Crippen molar-refractivity contribution in [3.8, 4) is 0 Å². The van der Waals surface area contributed by atoms with Gasteiger partial charge in [-0.1, -0.05) is 185 Å². The molecule has 0 bridgehead atoms. The van der Waals surface area contributed by atoms with E-state index < -0.39 is 6.10 Å². The van der Waals surface area contributed by atoms with Crippen LogP contribution in [0.5, 0.6) is 0 Å². The van der Waals surface area contributed by atoms with Crippen molar-refractivity contribution in [1.82, 2.24) is 0 Å². The molecule has 0 aromatic rings. The molecule has 4 heteroatoms. The second-order valence-corrected chi connectivity index (χ2v) is 13.3. The molecule has 0 rings (SSSR count). The van der Waals surface area contributed by atoms with Gasteiger partial charge in [-0.2, -0.15) is 0 Å². The fourth-order valence-electron chi connectivity index (χ4n) is 5.75. The zero-order valence-electron chi connectivity index (χ0n) is 30.8. The molecule has 0 heterocycles. The lowest BCUT2D eigenvalue weighted by Crippen LogP contribution is -2.27. The maximum absolute atomic E-state index is 12.2. The Morgan fingerprint density at radius 3 is 1.48 bits per heavy atom. The predicted octanol–water partition coefficient (Wildman–Crippen LogP) is 12.9. The summed E-state index contributed by atoms with van der Waals surface area (Å²) >= 11 is 0. The van der Waals surface area contributed by atoms with Gasteiger partial charge >= 0.3 is 5.97 Å². The summed E-state index contributed by atoms with van der Waals surface area (Å²) in [6.45, 7) is 5.24. The molecule has 1 unspecified atom stereocenters. The molecule has 270 valence electrons. The highest BCUT2D eigenvalue weighted by Crippen LogP contribution is 2.15. The maximum Gasteiger partial charge on any atom is 0.306 e. The molecule has 1 N–H and O–H groups in total. The minimum atomic E-state index is -0.534. The van der Waals surface area contributed by atoms with Crippen LogP contribution in [0.3, 0.4) is 0 Å². The van der Waals surface area contributed by atoms with Gasteiger partial charge in [-0.15, -0.1) is 0 Å². The Kier molecular flexibility index (Phi) is 38.6. The van der Waals surface area contributed by atoms with Gasteiger partial charge in [0.2, 0.25) is 0 Å². The van der Waals surface area contributed by atoms with E-state index in [1.54, 1.807) is 0 Å². The van der Waals surface area contributed by atoms with Crippen molar-refractivity contribution in [1.29, 1.82) is 0 Å². The minimum Gasteiger partial charge on any atom is -0.457 e. The summed E-state index contributed by atoms with van der Waals surface area (Å²) in [4.78, 5) is 12.2. The highest BCUT2D eigenvalue weighted by atomic mass is 16.6. The molecule has 0 aromatic carbocycles. The first kappa shape index (κ1) is 44.6. The number of hydrogen-bond acceptors (Lipinski definition) is 4. The van der Waals surface area contributed by atoms with Crippen LogP contribution < -0.4 is 0 Å². The zero-order chi connectivity index (χ0) is 33.4. The smallest absolute Gasteiger partial charge is 0.306 e. The number of carbonyl (C=O) groups excluding carboxylic acids is 1. The molecular weight excluding hydrogens is 568 g/mol. The highest BCUT2D eigenvalue weighted by Gasteiger charge is 2.13. The van der Waals surface area contributed by atoms with Crippen LogP contribution in [0.1, 0.15) is 200 Å². The van der Waals surface area contributed by atoms with Crippen LogP contribution in [0.15, 0.2) is 36.5 Å². The summed E-state index contributed by atoms with van der Waals surface area (Å²) in [6, 6.07) is 0. The summed E-state index contributed by atoms with van der Waals surface area (Å²) in [7, 11) is 0. The van der Waals surface area contributed by atoms with Crippen LogP contribution in [-0.2, 0) is 14.3 Å². The average Bonchev–Trinajstić information content (AvgIpc) is 3.06. The van der Waals surface area contributed by atoms with Crippen molar-refractivity contribution >= 4 is 5.97 Å². The summed E-state index contributed by atoms with van der Waals surface area (Å²) < 4.78 is 11.1. The molecule has 0 aromatic heterocycles. The number of aliphatic hydroxyl groups is 1. The SMILES string of the molecule is CC/C=C\C/C=C\C/C=C\CCCCCCCCCCOCC(CO)OC(=O)CCCCCCCCCCCCCCCCCC. The number of allylic oxidation sites excluding steroid dienone is 6. The van der Waals surface area contributed by atoms with E-state index in [2.05, 4.69) is 50.3 Å². The quantitative estimate of drug-likeness (QED) is 0.0414. The zero-order valence-corrected chi connectivity index (χ0v) is 30.8. The standard InChI is InChI=1S/C42H78O4/c1-3-5-7-9-11-13-15-17-19-21-22-24-26-28-30-32-34-36-38-45-40-41(39-43)46-42(44)37-35-33-31-29-27-25-23-20-18-16-14-12-10-8-6-4-2/h5,7,11,13,17,19,41,43H,3-4,6,8-10,12,14-16,18,20-40H2,1-2H3/b7-5-,13-11-,19-17-. The van der Waals surface area contributed by atoms with Crippen molar-refractivity contribution in [3.05, 3.63) is 36.5 Å². The lowest BCUT2D eigenvalue weighted by molar-refractivity contribution is -0.154. The first-order chi connectivity index (χ1) is 22.7. The van der Waals surface area contributed by atoms with Gasteiger partial charge in [0.1, 0.15) is 6.10 Å². The highest BCUT2D eigenvalue weighted by molar-refractivity contribution is 5.69. The van der Waals surface area contributed by atoms with Gasteiger partial charge in [-0.05, 0) is 44.9 Å². The van der Waals surface area contributed by atoms with Crippen LogP contribution in [0, 0.1) is 0 Å². The van der Waals surface area contributed by atoms with E-state index in [1.807, 2.05) is 0 Å². The molecule has 1 atom stereocenters. The number of ether oxygens (including phenoxy) is 2. The van der Waals surface area contributed by atoms with Crippen LogP contribution in [0.25, 0.3) is 0 Å². The molecule has 0 saturated heterocycles. The fourth-order valence-corrected chi connectivity index (χ4v) is 5.75. The number of carbonyl (C=O) groups is 1. The molecule has 0 aliphatic carbocycles. The Bertz CT molecular complexity index is 683. The Hall–Kier alpha value is -1.39. The van der Waals surface area contributed by atoms with Crippen molar-refractivity contribution < 1.29 is 19.4 Å². The lowest BCUT2D eigenvalue weighted by atomic mass is 10.0. The topological polar surface area (TPSA) is 55.8 Å². The number of hydrogen-bond donors (Lipinski definition) is 1. The van der Waals surface area contributed by atoms with Crippen LogP contribution in [0.4, 0.5) is 0 Å². The van der Waals surface area contributed by atoms with Gasteiger partial charge in [0.25, 0.3) is 0 Å². The summed E-state index contributed by atoms with van der Waals surface area (Å²) in [5, 5.41) is 9.58. The van der Waals surface area contributed by atoms with E-state index in [9.17, 15) is 9.90 Å². The summed E-state index contributed by atoms with van der Waals surface area (Å²) in [5.41, 5.74) is 0. The van der Waals surface area contributed by atoms with Gasteiger partial charge in [-0.3, -0.25) is 4.79 Å². The number of unbranched alkanes of at least 4 members (excludes halogenated alkanes) is 23. The number of esters is 1. The first-order valence-corrected chi connectivity index (χ1v) is 20.1.